The summed E-state index contributed by atoms with van der Waals surface area (Å²) in [6.07, 6.45) is 7.09. The molecule has 228 valence electrons. The van der Waals surface area contributed by atoms with E-state index in [0.29, 0.717) is 24.5 Å². The van der Waals surface area contributed by atoms with Crippen molar-refractivity contribution in [3.05, 3.63) is 71.1 Å². The monoisotopic (exact) mass is 588 g/mol. The van der Waals surface area contributed by atoms with Crippen LogP contribution in [0.2, 0.25) is 0 Å². The van der Waals surface area contributed by atoms with Crippen molar-refractivity contribution in [2.75, 3.05) is 25.0 Å². The summed E-state index contributed by atoms with van der Waals surface area (Å²) in [5.41, 5.74) is 3.78. The number of nitrogens with one attached hydrogen (secondary N) is 2. The van der Waals surface area contributed by atoms with Crippen LogP contribution < -0.4 is 15.4 Å². The van der Waals surface area contributed by atoms with E-state index >= 15 is 0 Å². The minimum Gasteiger partial charge on any atom is -0.486 e. The SMILES string of the molecule is CC(=O)N1[C@@H]2CC[C@H]1CC(Nc1cc(C(=O)NC[C@H](O)CN3CCc4cc(OCc5ocnc5C)ccc4C3)ccn1)C2. The van der Waals surface area contributed by atoms with Gasteiger partial charge in [-0.1, -0.05) is 6.07 Å². The van der Waals surface area contributed by atoms with Gasteiger partial charge in [-0.2, -0.15) is 0 Å². The average molecular weight is 589 g/mol. The van der Waals surface area contributed by atoms with Crippen LogP contribution in [0.5, 0.6) is 5.75 Å². The van der Waals surface area contributed by atoms with Gasteiger partial charge < -0.3 is 29.8 Å². The van der Waals surface area contributed by atoms with Crippen LogP contribution >= 0.6 is 0 Å². The zero-order chi connectivity index (χ0) is 29.9. The second-order valence-electron chi connectivity index (χ2n) is 12.0. The first-order chi connectivity index (χ1) is 20.8. The molecule has 3 aliphatic heterocycles. The second kappa shape index (κ2) is 12.7. The molecule has 0 radical (unpaired) electrons. The molecule has 11 nitrogen and oxygen atoms in total. The first-order valence-corrected chi connectivity index (χ1v) is 15.2. The number of piperidine rings is 1. The van der Waals surface area contributed by atoms with E-state index in [-0.39, 0.29) is 36.5 Å². The maximum atomic E-state index is 12.9. The molecule has 11 heteroatoms. The van der Waals surface area contributed by atoms with E-state index in [9.17, 15) is 14.7 Å². The molecule has 4 atom stereocenters. The molecule has 43 heavy (non-hydrogen) atoms. The van der Waals surface area contributed by atoms with E-state index in [4.69, 9.17) is 9.15 Å². The topological polar surface area (TPSA) is 133 Å². The number of β-amino-alcohol motifs (C(OH)–C–C–N with tert-alkyl or cyclic N) is 1. The number of fused-ring (bicyclic) bond motifs is 3. The number of amides is 2. The van der Waals surface area contributed by atoms with E-state index in [2.05, 4.69) is 37.6 Å². The van der Waals surface area contributed by atoms with Gasteiger partial charge in [0, 0.05) is 63.0 Å². The molecule has 0 saturated carbocycles. The number of benzene rings is 1. The van der Waals surface area contributed by atoms with Gasteiger partial charge in [-0.05, 0) is 74.4 Å². The number of aliphatic hydroxyl groups excluding tert-OH is 1. The van der Waals surface area contributed by atoms with Crippen molar-refractivity contribution in [2.45, 2.75) is 83.3 Å². The summed E-state index contributed by atoms with van der Waals surface area (Å²) in [7, 11) is 0. The summed E-state index contributed by atoms with van der Waals surface area (Å²) >= 11 is 0. The number of carbonyl (C=O) groups is 2. The third-order valence-electron chi connectivity index (χ3n) is 8.92. The molecule has 6 rings (SSSR count). The number of ether oxygens (including phenoxy) is 1. The number of carbonyl (C=O) groups excluding carboxylic acids is 2. The van der Waals surface area contributed by atoms with Crippen LogP contribution in [0.1, 0.15) is 65.5 Å². The standard InChI is InChI=1S/C32H40N6O5/c1-20-30(43-19-35-20)18-42-29-6-3-24-16-37(10-8-22(24)11-29)17-28(40)15-34-32(41)23-7-9-33-31(12-23)36-25-13-26-4-5-27(14-25)38(26)21(2)39/h3,6-7,9,11-12,19,25-28,40H,4-5,8,10,13-18H2,1-2H3,(H,33,36)(H,34,41)/t25?,26-,27+,28-/m0/s1. The minimum absolute atomic E-state index is 0.157. The Morgan fingerprint density at radius 3 is 2.70 bits per heavy atom. The van der Waals surface area contributed by atoms with Crippen molar-refractivity contribution < 1.29 is 23.8 Å². The highest BCUT2D eigenvalue weighted by molar-refractivity contribution is 5.94. The third-order valence-corrected chi connectivity index (χ3v) is 8.92. The fourth-order valence-electron chi connectivity index (χ4n) is 6.79. The molecular formula is C32H40N6O5. The number of pyridine rings is 1. The molecule has 2 bridgehead atoms. The fourth-order valence-corrected chi connectivity index (χ4v) is 6.79. The van der Waals surface area contributed by atoms with Gasteiger partial charge in [-0.15, -0.1) is 0 Å². The first-order valence-electron chi connectivity index (χ1n) is 15.2. The van der Waals surface area contributed by atoms with Gasteiger partial charge in [0.25, 0.3) is 5.91 Å². The lowest BCUT2D eigenvalue weighted by molar-refractivity contribution is -0.133. The predicted octanol–water partition coefficient (Wildman–Crippen LogP) is 3.06. The molecule has 2 aromatic heterocycles. The number of rotatable bonds is 10. The predicted molar refractivity (Wildman–Crippen MR) is 160 cm³/mol. The Labute approximate surface area is 251 Å². The number of aliphatic hydroxyl groups is 1. The smallest absolute Gasteiger partial charge is 0.251 e. The molecule has 3 aromatic rings. The average Bonchev–Trinajstić information content (AvgIpc) is 3.54. The van der Waals surface area contributed by atoms with Crippen molar-refractivity contribution in [3.63, 3.8) is 0 Å². The van der Waals surface area contributed by atoms with Gasteiger partial charge >= 0.3 is 0 Å². The Hall–Kier alpha value is -3.96. The van der Waals surface area contributed by atoms with Crippen LogP contribution in [0.15, 0.2) is 47.3 Å². The molecule has 5 heterocycles. The molecule has 2 saturated heterocycles. The van der Waals surface area contributed by atoms with Crippen LogP contribution in [-0.2, 0) is 24.4 Å². The van der Waals surface area contributed by atoms with E-state index in [1.54, 1.807) is 25.3 Å². The Morgan fingerprint density at radius 2 is 1.95 bits per heavy atom. The van der Waals surface area contributed by atoms with Crippen LogP contribution in [0, 0.1) is 6.92 Å². The van der Waals surface area contributed by atoms with Crippen LogP contribution in [0.3, 0.4) is 0 Å². The van der Waals surface area contributed by atoms with Crippen molar-refractivity contribution in [3.8, 4) is 5.75 Å². The molecular weight excluding hydrogens is 548 g/mol. The molecule has 0 aliphatic carbocycles. The summed E-state index contributed by atoms with van der Waals surface area (Å²) in [6.45, 7) is 6.06. The Morgan fingerprint density at radius 1 is 1.14 bits per heavy atom. The number of aryl methyl sites for hydroxylation is 1. The molecule has 3 aliphatic rings. The van der Waals surface area contributed by atoms with Crippen LogP contribution in [-0.4, -0.2) is 80.6 Å². The third kappa shape index (κ3) is 6.83. The van der Waals surface area contributed by atoms with Crippen molar-refractivity contribution in [1.29, 1.82) is 0 Å². The van der Waals surface area contributed by atoms with Crippen molar-refractivity contribution in [1.82, 2.24) is 25.1 Å². The Balaban J connectivity index is 0.953. The zero-order valence-corrected chi connectivity index (χ0v) is 24.8. The van der Waals surface area contributed by atoms with E-state index in [1.165, 1.54) is 17.5 Å². The molecule has 1 unspecified atom stereocenters. The van der Waals surface area contributed by atoms with Gasteiger partial charge in [-0.3, -0.25) is 14.5 Å². The Kier molecular flexibility index (Phi) is 8.62. The minimum atomic E-state index is -0.695. The van der Waals surface area contributed by atoms with Crippen molar-refractivity contribution in [2.24, 2.45) is 0 Å². The largest absolute Gasteiger partial charge is 0.486 e. The van der Waals surface area contributed by atoms with Gasteiger partial charge in [0.1, 0.15) is 18.2 Å². The van der Waals surface area contributed by atoms with Crippen LogP contribution in [0.25, 0.3) is 0 Å². The number of aromatic nitrogens is 2. The highest BCUT2D eigenvalue weighted by Crippen LogP contribution is 2.36. The summed E-state index contributed by atoms with van der Waals surface area (Å²) in [5, 5.41) is 17.1. The number of nitrogens with zero attached hydrogens (tertiary/aromatic N) is 4. The lowest BCUT2D eigenvalue weighted by atomic mass is 9.97. The highest BCUT2D eigenvalue weighted by Gasteiger charge is 2.42. The van der Waals surface area contributed by atoms with Crippen molar-refractivity contribution >= 4 is 17.6 Å². The lowest BCUT2D eigenvalue weighted by Gasteiger charge is -2.38. The summed E-state index contributed by atoms with van der Waals surface area (Å²) in [6, 6.07) is 10.3. The summed E-state index contributed by atoms with van der Waals surface area (Å²) < 4.78 is 11.3. The maximum absolute atomic E-state index is 12.9. The molecule has 2 amide bonds. The summed E-state index contributed by atoms with van der Waals surface area (Å²) in [4.78, 5) is 37.7. The number of oxazole rings is 1. The maximum Gasteiger partial charge on any atom is 0.251 e. The second-order valence-corrected chi connectivity index (χ2v) is 12.0. The molecule has 0 spiro atoms. The van der Waals surface area contributed by atoms with Crippen LogP contribution in [0.4, 0.5) is 5.82 Å². The number of hydrogen-bond donors (Lipinski definition) is 3. The van der Waals surface area contributed by atoms with Gasteiger partial charge in [-0.25, -0.2) is 9.97 Å². The fraction of sp³-hybridized carbons (Fsp3) is 0.500. The van der Waals surface area contributed by atoms with E-state index < -0.39 is 6.10 Å². The number of anilines is 1. The van der Waals surface area contributed by atoms with Gasteiger partial charge in [0.15, 0.2) is 12.2 Å². The first kappa shape index (κ1) is 29.1. The highest BCUT2D eigenvalue weighted by atomic mass is 16.5. The normalized spacial score (nSPS) is 22.1. The van der Waals surface area contributed by atoms with Gasteiger partial charge in [0.2, 0.25) is 5.91 Å². The quantitative estimate of drug-likeness (QED) is 0.327. The molecule has 3 N–H and O–H groups in total. The van der Waals surface area contributed by atoms with E-state index in [0.717, 1.165) is 62.4 Å². The molecule has 2 fully saturated rings. The molecule has 1 aromatic carbocycles. The van der Waals surface area contributed by atoms with Gasteiger partial charge in [0.05, 0.1) is 11.8 Å². The van der Waals surface area contributed by atoms with E-state index in [1.807, 2.05) is 17.9 Å². The zero-order valence-electron chi connectivity index (χ0n) is 24.8. The Bertz CT molecular complexity index is 1450. The number of hydrogen-bond acceptors (Lipinski definition) is 9. The lowest BCUT2D eigenvalue weighted by Crippen LogP contribution is -2.49. The summed E-state index contributed by atoms with van der Waals surface area (Å²) in [5.74, 6) is 2.09.